The first-order chi connectivity index (χ1) is 8.58. The minimum Gasteiger partial charge on any atom is -0.393 e. The third-order valence-corrected chi connectivity index (χ3v) is 4.00. The van der Waals surface area contributed by atoms with Crippen LogP contribution in [0.2, 0.25) is 0 Å². The lowest BCUT2D eigenvalue weighted by Gasteiger charge is -2.35. The summed E-state index contributed by atoms with van der Waals surface area (Å²) in [4.78, 5) is 11.9. The predicted molar refractivity (Wildman–Crippen MR) is 73.1 cm³/mol. The van der Waals surface area contributed by atoms with Gasteiger partial charge in [-0.2, -0.15) is 0 Å². The van der Waals surface area contributed by atoms with Gasteiger partial charge in [-0.1, -0.05) is 19.3 Å². The van der Waals surface area contributed by atoms with Crippen molar-refractivity contribution in [2.45, 2.75) is 64.4 Å². The van der Waals surface area contributed by atoms with Gasteiger partial charge in [-0.3, -0.25) is 4.79 Å². The number of aliphatic hydroxyl groups is 1. The third-order valence-electron chi connectivity index (χ3n) is 4.00. The lowest BCUT2D eigenvalue weighted by Crippen LogP contribution is -2.38. The zero-order valence-corrected chi connectivity index (χ0v) is 11.6. The highest BCUT2D eigenvalue weighted by atomic mass is 16.3. The van der Waals surface area contributed by atoms with Crippen LogP contribution in [0, 0.1) is 5.41 Å². The number of hydrogen-bond donors (Lipinski definition) is 3. The van der Waals surface area contributed by atoms with Crippen molar-refractivity contribution < 1.29 is 9.90 Å². The van der Waals surface area contributed by atoms with Crippen LogP contribution < -0.4 is 11.1 Å². The van der Waals surface area contributed by atoms with Gasteiger partial charge in [-0.05, 0) is 44.6 Å². The standard InChI is InChI=1S/C14H28N2O2/c1-12(17)6-5-9-16-13(18)10-14(11-15)7-3-2-4-8-14/h12,17H,2-11,15H2,1H3,(H,16,18). The molecule has 0 aromatic carbocycles. The molecule has 0 aromatic rings. The molecule has 1 unspecified atom stereocenters. The molecule has 4 heteroatoms. The molecule has 0 aliphatic heterocycles. The number of nitrogens with two attached hydrogens (primary N) is 1. The van der Waals surface area contributed by atoms with Gasteiger partial charge in [0.15, 0.2) is 0 Å². The van der Waals surface area contributed by atoms with Crippen LogP contribution in [-0.4, -0.2) is 30.2 Å². The highest BCUT2D eigenvalue weighted by Gasteiger charge is 2.32. The van der Waals surface area contributed by atoms with Crippen LogP contribution in [0.15, 0.2) is 0 Å². The van der Waals surface area contributed by atoms with Gasteiger partial charge in [0.2, 0.25) is 5.91 Å². The number of carbonyl (C=O) groups is 1. The Kier molecular flexibility index (Phi) is 6.65. The van der Waals surface area contributed by atoms with Crippen molar-refractivity contribution in [1.82, 2.24) is 5.32 Å². The first kappa shape index (κ1) is 15.4. The SMILES string of the molecule is CC(O)CCCNC(=O)CC1(CN)CCCCC1. The van der Waals surface area contributed by atoms with Crippen molar-refractivity contribution >= 4 is 5.91 Å². The largest absolute Gasteiger partial charge is 0.393 e. The molecule has 4 nitrogen and oxygen atoms in total. The quantitative estimate of drug-likeness (QED) is 0.605. The number of carbonyl (C=O) groups excluding carboxylic acids is 1. The van der Waals surface area contributed by atoms with Gasteiger partial charge in [-0.25, -0.2) is 0 Å². The van der Waals surface area contributed by atoms with Crippen LogP contribution in [0.5, 0.6) is 0 Å². The lowest BCUT2D eigenvalue weighted by molar-refractivity contribution is -0.123. The second-order valence-electron chi connectivity index (χ2n) is 5.78. The van der Waals surface area contributed by atoms with Crippen LogP contribution in [0.4, 0.5) is 0 Å². The molecule has 1 fully saturated rings. The van der Waals surface area contributed by atoms with Gasteiger partial charge in [0, 0.05) is 13.0 Å². The van der Waals surface area contributed by atoms with E-state index in [1.54, 1.807) is 6.92 Å². The molecule has 4 N–H and O–H groups in total. The average Bonchev–Trinajstić information content (AvgIpc) is 2.35. The summed E-state index contributed by atoms with van der Waals surface area (Å²) in [5, 5.41) is 12.1. The van der Waals surface area contributed by atoms with Crippen LogP contribution in [0.25, 0.3) is 0 Å². The highest BCUT2D eigenvalue weighted by Crippen LogP contribution is 2.38. The summed E-state index contributed by atoms with van der Waals surface area (Å²) >= 11 is 0. The second-order valence-corrected chi connectivity index (χ2v) is 5.78. The topological polar surface area (TPSA) is 75.3 Å². The number of aliphatic hydroxyl groups excluding tert-OH is 1. The molecule has 0 spiro atoms. The Morgan fingerprint density at radius 2 is 2.06 bits per heavy atom. The Balaban J connectivity index is 2.25. The van der Waals surface area contributed by atoms with E-state index in [1.165, 1.54) is 19.3 Å². The number of rotatable bonds is 7. The molecular formula is C14H28N2O2. The summed E-state index contributed by atoms with van der Waals surface area (Å²) in [6.45, 7) is 3.05. The molecular weight excluding hydrogens is 228 g/mol. The fourth-order valence-corrected chi connectivity index (χ4v) is 2.78. The molecule has 0 saturated heterocycles. The van der Waals surface area contributed by atoms with Gasteiger partial charge in [-0.15, -0.1) is 0 Å². The van der Waals surface area contributed by atoms with Crippen molar-refractivity contribution in [3.8, 4) is 0 Å². The van der Waals surface area contributed by atoms with Crippen LogP contribution in [0.1, 0.15) is 58.3 Å². The van der Waals surface area contributed by atoms with E-state index in [0.29, 0.717) is 19.5 Å². The molecule has 18 heavy (non-hydrogen) atoms. The average molecular weight is 256 g/mol. The zero-order valence-electron chi connectivity index (χ0n) is 11.6. The maximum Gasteiger partial charge on any atom is 0.220 e. The van der Waals surface area contributed by atoms with Gasteiger partial charge in [0.25, 0.3) is 0 Å². The summed E-state index contributed by atoms with van der Waals surface area (Å²) in [5.74, 6) is 0.118. The fraction of sp³-hybridized carbons (Fsp3) is 0.929. The normalized spacial score (nSPS) is 20.4. The molecule has 106 valence electrons. The van der Waals surface area contributed by atoms with Crippen LogP contribution in [0.3, 0.4) is 0 Å². The number of hydrogen-bond acceptors (Lipinski definition) is 3. The molecule has 1 aliphatic rings. The van der Waals surface area contributed by atoms with E-state index in [4.69, 9.17) is 10.8 Å². The Morgan fingerprint density at radius 1 is 1.39 bits per heavy atom. The van der Waals surface area contributed by atoms with Gasteiger partial charge < -0.3 is 16.2 Å². The van der Waals surface area contributed by atoms with Crippen molar-refractivity contribution in [3.05, 3.63) is 0 Å². The number of amides is 1. The van der Waals surface area contributed by atoms with E-state index in [0.717, 1.165) is 25.7 Å². The van der Waals surface area contributed by atoms with Crippen molar-refractivity contribution in [2.75, 3.05) is 13.1 Å². The van der Waals surface area contributed by atoms with E-state index >= 15 is 0 Å². The van der Waals surface area contributed by atoms with Crippen molar-refractivity contribution in [1.29, 1.82) is 0 Å². The first-order valence-corrected chi connectivity index (χ1v) is 7.23. The summed E-state index contributed by atoms with van der Waals surface area (Å²) < 4.78 is 0. The first-order valence-electron chi connectivity index (χ1n) is 7.23. The van der Waals surface area contributed by atoms with Gasteiger partial charge in [0.1, 0.15) is 0 Å². The Bertz CT molecular complexity index is 248. The van der Waals surface area contributed by atoms with E-state index < -0.39 is 0 Å². The predicted octanol–water partition coefficient (Wildman–Crippen LogP) is 1.56. The highest BCUT2D eigenvalue weighted by molar-refractivity contribution is 5.76. The van der Waals surface area contributed by atoms with Crippen molar-refractivity contribution in [3.63, 3.8) is 0 Å². The van der Waals surface area contributed by atoms with Gasteiger partial charge in [0.05, 0.1) is 6.10 Å². The zero-order chi connectivity index (χ0) is 13.4. The fourth-order valence-electron chi connectivity index (χ4n) is 2.78. The van der Waals surface area contributed by atoms with E-state index in [2.05, 4.69) is 5.32 Å². The molecule has 1 rings (SSSR count). The Labute approximate surface area is 110 Å². The maximum atomic E-state index is 11.9. The summed E-state index contributed by atoms with van der Waals surface area (Å²) in [6, 6.07) is 0. The monoisotopic (exact) mass is 256 g/mol. The molecule has 0 heterocycles. The molecule has 1 aliphatic carbocycles. The molecule has 0 bridgehead atoms. The molecule has 0 aromatic heterocycles. The minimum absolute atomic E-state index is 0.0482. The third kappa shape index (κ3) is 5.36. The Morgan fingerprint density at radius 3 is 2.61 bits per heavy atom. The number of nitrogens with one attached hydrogen (secondary N) is 1. The van der Waals surface area contributed by atoms with E-state index in [9.17, 15) is 4.79 Å². The maximum absolute atomic E-state index is 11.9. The van der Waals surface area contributed by atoms with Crippen LogP contribution in [-0.2, 0) is 4.79 Å². The lowest BCUT2D eigenvalue weighted by atomic mass is 9.71. The van der Waals surface area contributed by atoms with Crippen LogP contribution >= 0.6 is 0 Å². The molecule has 1 amide bonds. The molecule has 1 atom stereocenters. The summed E-state index contributed by atoms with van der Waals surface area (Å²) in [6.07, 6.45) is 7.71. The molecule has 1 saturated carbocycles. The minimum atomic E-state index is -0.282. The second kappa shape index (κ2) is 7.74. The van der Waals surface area contributed by atoms with E-state index in [-0.39, 0.29) is 17.4 Å². The smallest absolute Gasteiger partial charge is 0.220 e. The van der Waals surface area contributed by atoms with Crippen molar-refractivity contribution in [2.24, 2.45) is 11.1 Å². The summed E-state index contributed by atoms with van der Waals surface area (Å²) in [5.41, 5.74) is 5.92. The van der Waals surface area contributed by atoms with Gasteiger partial charge >= 0.3 is 0 Å². The Hall–Kier alpha value is -0.610. The van der Waals surface area contributed by atoms with E-state index in [1.807, 2.05) is 0 Å². The molecule has 0 radical (unpaired) electrons. The summed E-state index contributed by atoms with van der Waals surface area (Å²) in [7, 11) is 0.